The van der Waals surface area contributed by atoms with E-state index in [-0.39, 0.29) is 12.5 Å². The number of nitrogens with one attached hydrogen (secondary N) is 1. The van der Waals surface area contributed by atoms with E-state index in [9.17, 15) is 4.79 Å². The van der Waals surface area contributed by atoms with Crippen LogP contribution in [0.5, 0.6) is 5.75 Å². The summed E-state index contributed by atoms with van der Waals surface area (Å²) in [6.45, 7) is 9.64. The van der Waals surface area contributed by atoms with Crippen LogP contribution in [-0.4, -0.2) is 50.1 Å². The standard InChI is InChI=1S/C21H27N3O2/c1-3-23-12-14-24(15-13-23)19-8-6-18(7-9-19)22-21(25)16-26-20-10-4-17(2)5-11-20/h4-11H,3,12-16H2,1-2H3,(H,22,25). The molecule has 2 aromatic carbocycles. The number of carbonyl (C=O) groups is 1. The number of carbonyl (C=O) groups excluding carboxylic acids is 1. The van der Waals surface area contributed by atoms with Crippen molar-refractivity contribution in [3.8, 4) is 5.75 Å². The van der Waals surface area contributed by atoms with E-state index >= 15 is 0 Å². The third-order valence-corrected chi connectivity index (χ3v) is 4.73. The van der Waals surface area contributed by atoms with Crippen molar-refractivity contribution >= 4 is 17.3 Å². The van der Waals surface area contributed by atoms with Crippen LogP contribution in [0.25, 0.3) is 0 Å². The third-order valence-electron chi connectivity index (χ3n) is 4.73. The molecule has 0 aliphatic carbocycles. The summed E-state index contributed by atoms with van der Waals surface area (Å²) in [5, 5.41) is 2.88. The summed E-state index contributed by atoms with van der Waals surface area (Å²) in [5.41, 5.74) is 3.16. The molecule has 1 aliphatic rings. The van der Waals surface area contributed by atoms with Crippen molar-refractivity contribution < 1.29 is 9.53 Å². The first-order valence-corrected chi connectivity index (χ1v) is 9.21. The van der Waals surface area contributed by atoms with Crippen molar-refractivity contribution in [3.05, 3.63) is 54.1 Å². The molecule has 138 valence electrons. The number of amides is 1. The van der Waals surface area contributed by atoms with Crippen molar-refractivity contribution in [1.82, 2.24) is 4.90 Å². The van der Waals surface area contributed by atoms with Crippen molar-refractivity contribution in [2.45, 2.75) is 13.8 Å². The average Bonchev–Trinajstić information content (AvgIpc) is 2.68. The molecule has 2 aromatic rings. The first-order valence-electron chi connectivity index (χ1n) is 9.21. The maximum atomic E-state index is 12.1. The number of piperazine rings is 1. The van der Waals surface area contributed by atoms with Crippen LogP contribution in [0.2, 0.25) is 0 Å². The van der Waals surface area contributed by atoms with E-state index in [1.807, 2.05) is 43.3 Å². The van der Waals surface area contributed by atoms with Gasteiger partial charge in [0.1, 0.15) is 5.75 Å². The van der Waals surface area contributed by atoms with Crippen LogP contribution in [-0.2, 0) is 4.79 Å². The second-order valence-electron chi connectivity index (χ2n) is 6.62. The molecule has 0 aromatic heterocycles. The molecule has 5 heteroatoms. The minimum atomic E-state index is -0.158. The van der Waals surface area contributed by atoms with Gasteiger partial charge in [0.05, 0.1) is 0 Å². The average molecular weight is 353 g/mol. The SMILES string of the molecule is CCN1CCN(c2ccc(NC(=O)COc3ccc(C)cc3)cc2)CC1. The van der Waals surface area contributed by atoms with Crippen molar-refractivity contribution in [2.75, 3.05) is 49.5 Å². The Morgan fingerprint density at radius 2 is 1.65 bits per heavy atom. The molecule has 0 saturated carbocycles. The van der Waals surface area contributed by atoms with Gasteiger partial charge in [0.15, 0.2) is 6.61 Å². The zero-order valence-electron chi connectivity index (χ0n) is 15.6. The molecule has 1 heterocycles. The number of aryl methyl sites for hydroxylation is 1. The lowest BCUT2D eigenvalue weighted by Crippen LogP contribution is -2.46. The Balaban J connectivity index is 1.47. The van der Waals surface area contributed by atoms with Gasteiger partial charge in [0, 0.05) is 37.6 Å². The first kappa shape index (κ1) is 18.3. The Kier molecular flexibility index (Phi) is 6.12. The van der Waals surface area contributed by atoms with E-state index in [0.717, 1.165) is 44.0 Å². The minimum absolute atomic E-state index is 0.00376. The van der Waals surface area contributed by atoms with Crippen LogP contribution in [0.4, 0.5) is 11.4 Å². The topological polar surface area (TPSA) is 44.8 Å². The maximum absolute atomic E-state index is 12.1. The van der Waals surface area contributed by atoms with Crippen molar-refractivity contribution in [2.24, 2.45) is 0 Å². The molecule has 3 rings (SSSR count). The van der Waals surface area contributed by atoms with Crippen LogP contribution in [0, 0.1) is 6.92 Å². The number of likely N-dealkylation sites (N-methyl/N-ethyl adjacent to an activating group) is 1. The predicted molar refractivity (Wildman–Crippen MR) is 106 cm³/mol. The maximum Gasteiger partial charge on any atom is 0.262 e. The molecule has 1 N–H and O–H groups in total. The lowest BCUT2D eigenvalue weighted by molar-refractivity contribution is -0.118. The smallest absolute Gasteiger partial charge is 0.262 e. The number of ether oxygens (including phenoxy) is 1. The van der Waals surface area contributed by atoms with Crippen LogP contribution in [0.3, 0.4) is 0 Å². The van der Waals surface area contributed by atoms with E-state index in [1.54, 1.807) is 0 Å². The number of anilines is 2. The summed E-state index contributed by atoms with van der Waals surface area (Å²) >= 11 is 0. The van der Waals surface area contributed by atoms with Crippen molar-refractivity contribution in [1.29, 1.82) is 0 Å². The van der Waals surface area contributed by atoms with E-state index in [4.69, 9.17) is 4.74 Å². The zero-order chi connectivity index (χ0) is 18.4. The number of benzene rings is 2. The predicted octanol–water partition coefficient (Wildman–Crippen LogP) is 3.15. The van der Waals surface area contributed by atoms with E-state index in [0.29, 0.717) is 5.75 Å². The molecule has 26 heavy (non-hydrogen) atoms. The normalized spacial score (nSPS) is 14.9. The number of rotatable bonds is 6. The van der Waals surface area contributed by atoms with Crippen LogP contribution >= 0.6 is 0 Å². The molecule has 1 aliphatic heterocycles. The summed E-state index contributed by atoms with van der Waals surface area (Å²) in [4.78, 5) is 16.9. The fourth-order valence-corrected chi connectivity index (χ4v) is 3.06. The van der Waals surface area contributed by atoms with Gasteiger partial charge in [-0.3, -0.25) is 4.79 Å². The van der Waals surface area contributed by atoms with Crippen LogP contribution in [0.1, 0.15) is 12.5 Å². The summed E-state index contributed by atoms with van der Waals surface area (Å²) in [6, 6.07) is 15.7. The molecule has 1 saturated heterocycles. The summed E-state index contributed by atoms with van der Waals surface area (Å²) < 4.78 is 5.51. The van der Waals surface area contributed by atoms with Gasteiger partial charge in [0.25, 0.3) is 5.91 Å². The van der Waals surface area contributed by atoms with E-state index in [2.05, 4.69) is 34.2 Å². The molecule has 1 amide bonds. The minimum Gasteiger partial charge on any atom is -0.484 e. The van der Waals surface area contributed by atoms with Gasteiger partial charge in [-0.15, -0.1) is 0 Å². The lowest BCUT2D eigenvalue weighted by atomic mass is 10.2. The molecular weight excluding hydrogens is 326 g/mol. The van der Waals surface area contributed by atoms with Crippen LogP contribution in [0.15, 0.2) is 48.5 Å². The Bertz CT molecular complexity index is 705. The molecule has 5 nitrogen and oxygen atoms in total. The largest absolute Gasteiger partial charge is 0.484 e. The van der Waals surface area contributed by atoms with Gasteiger partial charge in [-0.1, -0.05) is 24.6 Å². The highest BCUT2D eigenvalue weighted by Crippen LogP contribution is 2.19. The Morgan fingerprint density at radius 1 is 1.00 bits per heavy atom. The fourth-order valence-electron chi connectivity index (χ4n) is 3.06. The summed E-state index contributed by atoms with van der Waals surface area (Å²) in [5.74, 6) is 0.544. The quantitative estimate of drug-likeness (QED) is 0.866. The highest BCUT2D eigenvalue weighted by molar-refractivity contribution is 5.92. The summed E-state index contributed by atoms with van der Waals surface area (Å²) in [7, 11) is 0. The van der Waals surface area contributed by atoms with Gasteiger partial charge < -0.3 is 19.9 Å². The monoisotopic (exact) mass is 353 g/mol. The van der Waals surface area contributed by atoms with Gasteiger partial charge in [0.2, 0.25) is 0 Å². The van der Waals surface area contributed by atoms with Gasteiger partial charge in [-0.25, -0.2) is 0 Å². The molecule has 0 spiro atoms. The molecule has 0 unspecified atom stereocenters. The fraction of sp³-hybridized carbons (Fsp3) is 0.381. The molecule has 0 atom stereocenters. The molecule has 0 radical (unpaired) electrons. The summed E-state index contributed by atoms with van der Waals surface area (Å²) in [6.07, 6.45) is 0. The molecular formula is C21H27N3O2. The van der Waals surface area contributed by atoms with Gasteiger partial charge in [-0.05, 0) is 49.9 Å². The number of hydrogen-bond acceptors (Lipinski definition) is 4. The highest BCUT2D eigenvalue weighted by Gasteiger charge is 2.15. The number of nitrogens with zero attached hydrogens (tertiary/aromatic N) is 2. The molecule has 0 bridgehead atoms. The Hall–Kier alpha value is -2.53. The second-order valence-corrected chi connectivity index (χ2v) is 6.62. The molecule has 1 fully saturated rings. The highest BCUT2D eigenvalue weighted by atomic mass is 16.5. The first-order chi connectivity index (χ1) is 12.6. The second kappa shape index (κ2) is 8.72. The van der Waals surface area contributed by atoms with E-state index in [1.165, 1.54) is 5.69 Å². The third kappa shape index (κ3) is 4.99. The number of hydrogen-bond donors (Lipinski definition) is 1. The van der Waals surface area contributed by atoms with Gasteiger partial charge >= 0.3 is 0 Å². The van der Waals surface area contributed by atoms with Crippen molar-refractivity contribution in [3.63, 3.8) is 0 Å². The van der Waals surface area contributed by atoms with E-state index < -0.39 is 0 Å². The zero-order valence-corrected chi connectivity index (χ0v) is 15.6. The van der Waals surface area contributed by atoms with Crippen LogP contribution < -0.4 is 15.0 Å². The Morgan fingerprint density at radius 3 is 2.27 bits per heavy atom. The van der Waals surface area contributed by atoms with Gasteiger partial charge in [-0.2, -0.15) is 0 Å². The lowest BCUT2D eigenvalue weighted by Gasteiger charge is -2.35. The Labute approximate surface area is 155 Å².